The minimum Gasteiger partial charge on any atom is -0.350 e. The van der Waals surface area contributed by atoms with Crippen LogP contribution in [0.4, 0.5) is 23.7 Å². The van der Waals surface area contributed by atoms with E-state index in [4.69, 9.17) is 0 Å². The topological polar surface area (TPSA) is 70.2 Å². The summed E-state index contributed by atoms with van der Waals surface area (Å²) in [6, 6.07) is 19.8. The van der Waals surface area contributed by atoms with Gasteiger partial charge in [0.2, 0.25) is 0 Å². The zero-order valence-electron chi connectivity index (χ0n) is 16.4. The van der Waals surface area contributed by atoms with Crippen LogP contribution in [-0.2, 0) is 6.18 Å². The fourth-order valence-electron chi connectivity index (χ4n) is 2.84. The Balaban J connectivity index is 1.49. The zero-order valence-corrected chi connectivity index (χ0v) is 16.4. The Morgan fingerprint density at radius 2 is 1.42 bits per heavy atom. The van der Waals surface area contributed by atoms with E-state index in [-0.39, 0.29) is 25.0 Å². The maximum Gasteiger partial charge on any atom is 0.416 e. The fourth-order valence-corrected chi connectivity index (χ4v) is 2.84. The summed E-state index contributed by atoms with van der Waals surface area (Å²) >= 11 is 0. The third-order valence-corrected chi connectivity index (χ3v) is 4.40. The average molecular weight is 427 g/mol. The monoisotopic (exact) mass is 427 g/mol. The Morgan fingerprint density at radius 1 is 0.742 bits per heavy atom. The molecule has 0 aliphatic carbocycles. The van der Waals surface area contributed by atoms with Gasteiger partial charge >= 0.3 is 12.2 Å². The van der Waals surface area contributed by atoms with E-state index in [0.29, 0.717) is 22.4 Å². The van der Waals surface area contributed by atoms with E-state index in [1.54, 1.807) is 54.6 Å². The van der Waals surface area contributed by atoms with E-state index in [9.17, 15) is 22.8 Å². The van der Waals surface area contributed by atoms with Crippen LogP contribution in [0.3, 0.4) is 0 Å². The molecule has 0 radical (unpaired) electrons. The Morgan fingerprint density at radius 3 is 2.10 bits per heavy atom. The predicted octanol–water partition coefficient (Wildman–Crippen LogP) is 4.92. The molecule has 0 heterocycles. The number of carbonyl (C=O) groups excluding carboxylic acids is 2. The molecule has 0 saturated heterocycles. The van der Waals surface area contributed by atoms with Crippen molar-refractivity contribution >= 4 is 17.6 Å². The second-order valence-corrected chi connectivity index (χ2v) is 6.66. The smallest absolute Gasteiger partial charge is 0.350 e. The molecule has 160 valence electrons. The van der Waals surface area contributed by atoms with Gasteiger partial charge in [-0.05, 0) is 47.5 Å². The summed E-state index contributed by atoms with van der Waals surface area (Å²) < 4.78 is 38.6. The van der Waals surface area contributed by atoms with Crippen molar-refractivity contribution in [3.05, 3.63) is 90.0 Å². The first-order chi connectivity index (χ1) is 14.8. The van der Waals surface area contributed by atoms with Crippen LogP contribution >= 0.6 is 0 Å². The maximum atomic E-state index is 12.9. The molecule has 0 saturated carbocycles. The molecule has 0 aliphatic heterocycles. The number of halogens is 3. The molecule has 3 aromatic rings. The van der Waals surface area contributed by atoms with Gasteiger partial charge in [-0.2, -0.15) is 13.2 Å². The van der Waals surface area contributed by atoms with Gasteiger partial charge in [-0.1, -0.05) is 42.5 Å². The first kappa shape index (κ1) is 21.9. The van der Waals surface area contributed by atoms with E-state index in [0.717, 1.165) is 12.1 Å². The number of para-hydroxylation sites is 1. The summed E-state index contributed by atoms with van der Waals surface area (Å²) in [7, 11) is 0. The van der Waals surface area contributed by atoms with E-state index in [1.807, 2.05) is 6.07 Å². The molecule has 8 heteroatoms. The Labute approximate surface area is 177 Å². The van der Waals surface area contributed by atoms with Crippen LogP contribution in [0.1, 0.15) is 15.9 Å². The molecule has 0 atom stereocenters. The summed E-state index contributed by atoms with van der Waals surface area (Å²) in [6.45, 7) is 0.448. The minimum atomic E-state index is -4.41. The number of rotatable bonds is 6. The van der Waals surface area contributed by atoms with Crippen LogP contribution < -0.4 is 16.0 Å². The molecule has 0 bridgehead atoms. The molecule has 0 aliphatic rings. The molecule has 0 fully saturated rings. The average Bonchev–Trinajstić information content (AvgIpc) is 2.77. The number of hydrogen-bond acceptors (Lipinski definition) is 2. The van der Waals surface area contributed by atoms with Crippen molar-refractivity contribution < 1.29 is 22.8 Å². The minimum absolute atomic E-state index is 0.219. The Bertz CT molecular complexity index is 1040. The number of nitrogens with one attached hydrogen (secondary N) is 3. The highest BCUT2D eigenvalue weighted by Gasteiger charge is 2.30. The van der Waals surface area contributed by atoms with Crippen LogP contribution in [-0.4, -0.2) is 25.0 Å². The number of carbonyl (C=O) groups is 2. The lowest BCUT2D eigenvalue weighted by Gasteiger charge is -2.10. The number of urea groups is 1. The quantitative estimate of drug-likeness (QED) is 0.489. The van der Waals surface area contributed by atoms with Gasteiger partial charge in [-0.15, -0.1) is 0 Å². The molecule has 0 aromatic heterocycles. The van der Waals surface area contributed by atoms with Crippen molar-refractivity contribution in [3.63, 3.8) is 0 Å². The second kappa shape index (κ2) is 9.80. The van der Waals surface area contributed by atoms with Crippen LogP contribution in [0.5, 0.6) is 0 Å². The molecule has 31 heavy (non-hydrogen) atoms. The third-order valence-electron chi connectivity index (χ3n) is 4.40. The van der Waals surface area contributed by atoms with Gasteiger partial charge in [0.25, 0.3) is 5.91 Å². The number of alkyl halides is 3. The lowest BCUT2D eigenvalue weighted by Crippen LogP contribution is -2.36. The summed E-state index contributed by atoms with van der Waals surface area (Å²) in [5, 5.41) is 7.97. The maximum absolute atomic E-state index is 12.9. The highest BCUT2D eigenvalue weighted by atomic mass is 19.4. The zero-order chi connectivity index (χ0) is 22.3. The Hall–Kier alpha value is -3.81. The molecule has 0 unspecified atom stereocenters. The van der Waals surface area contributed by atoms with Crippen molar-refractivity contribution in [1.29, 1.82) is 0 Å². The van der Waals surface area contributed by atoms with Gasteiger partial charge in [0.1, 0.15) is 0 Å². The third kappa shape index (κ3) is 6.33. The van der Waals surface area contributed by atoms with Crippen LogP contribution in [0.25, 0.3) is 11.1 Å². The van der Waals surface area contributed by atoms with Gasteiger partial charge in [0, 0.05) is 24.3 Å². The van der Waals surface area contributed by atoms with Gasteiger partial charge in [0.05, 0.1) is 5.56 Å². The Kier molecular flexibility index (Phi) is 6.92. The molecule has 3 N–H and O–H groups in total. The molecule has 0 spiro atoms. The van der Waals surface area contributed by atoms with Crippen molar-refractivity contribution in [2.45, 2.75) is 6.18 Å². The normalized spacial score (nSPS) is 10.9. The van der Waals surface area contributed by atoms with Crippen LogP contribution in [0.2, 0.25) is 0 Å². The van der Waals surface area contributed by atoms with E-state index in [2.05, 4.69) is 16.0 Å². The molecule has 5 nitrogen and oxygen atoms in total. The van der Waals surface area contributed by atoms with Gasteiger partial charge < -0.3 is 16.0 Å². The van der Waals surface area contributed by atoms with Crippen molar-refractivity contribution in [1.82, 2.24) is 10.6 Å². The number of anilines is 1. The summed E-state index contributed by atoms with van der Waals surface area (Å²) in [6.07, 6.45) is -4.41. The molecule has 3 amide bonds. The van der Waals surface area contributed by atoms with Gasteiger partial charge in [-0.3, -0.25) is 4.79 Å². The van der Waals surface area contributed by atoms with Gasteiger partial charge in [0.15, 0.2) is 0 Å². The van der Waals surface area contributed by atoms with Crippen LogP contribution in [0.15, 0.2) is 78.9 Å². The first-order valence-electron chi connectivity index (χ1n) is 9.49. The fraction of sp³-hybridized carbons (Fsp3) is 0.130. The summed E-state index contributed by atoms with van der Waals surface area (Å²) in [4.78, 5) is 24.0. The molecule has 3 rings (SSSR count). The summed E-state index contributed by atoms with van der Waals surface area (Å²) in [5.41, 5.74) is 1.28. The van der Waals surface area contributed by atoms with Gasteiger partial charge in [-0.25, -0.2) is 4.79 Å². The number of amides is 3. The largest absolute Gasteiger partial charge is 0.416 e. The van der Waals surface area contributed by atoms with Crippen LogP contribution in [0, 0.1) is 0 Å². The highest BCUT2D eigenvalue weighted by Crippen LogP contribution is 2.32. The summed E-state index contributed by atoms with van der Waals surface area (Å²) in [5.74, 6) is -0.346. The molecular weight excluding hydrogens is 407 g/mol. The standard InChI is InChI=1S/C23H20F3N3O2/c24-23(25,26)19-6-4-5-18(15-19)16-9-11-17(12-10-16)21(30)27-13-14-28-22(31)29-20-7-2-1-3-8-20/h1-12,15H,13-14H2,(H,27,30)(H2,28,29,31). The van der Waals surface area contributed by atoms with E-state index in [1.165, 1.54) is 6.07 Å². The molecular formula is C23H20F3N3O2. The number of hydrogen-bond donors (Lipinski definition) is 3. The predicted molar refractivity (Wildman–Crippen MR) is 113 cm³/mol. The first-order valence-corrected chi connectivity index (χ1v) is 9.49. The van der Waals surface area contributed by atoms with Crippen molar-refractivity contribution in [2.24, 2.45) is 0 Å². The lowest BCUT2D eigenvalue weighted by atomic mass is 10.0. The second-order valence-electron chi connectivity index (χ2n) is 6.66. The van der Waals surface area contributed by atoms with Crippen molar-refractivity contribution in [3.8, 4) is 11.1 Å². The van der Waals surface area contributed by atoms with E-state index >= 15 is 0 Å². The SMILES string of the molecule is O=C(NCCNC(=O)c1ccc(-c2cccc(C(F)(F)F)c2)cc1)Nc1ccccc1. The molecule has 3 aromatic carbocycles. The van der Waals surface area contributed by atoms with Crippen molar-refractivity contribution in [2.75, 3.05) is 18.4 Å². The highest BCUT2D eigenvalue weighted by molar-refractivity contribution is 5.94. The number of benzene rings is 3. The lowest BCUT2D eigenvalue weighted by molar-refractivity contribution is -0.137. The van der Waals surface area contributed by atoms with E-state index < -0.39 is 11.7 Å².